The van der Waals surface area contributed by atoms with Crippen LogP contribution in [0.2, 0.25) is 0 Å². The van der Waals surface area contributed by atoms with Crippen LogP contribution in [0.15, 0.2) is 0 Å². The molecule has 0 radical (unpaired) electrons. The Balaban J connectivity index is 2.48. The number of halogens is 3. The lowest BCUT2D eigenvalue weighted by molar-refractivity contribution is -0.187. The van der Waals surface area contributed by atoms with Crippen LogP contribution in [0.25, 0.3) is 0 Å². The molecule has 0 bridgehead atoms. The Kier molecular flexibility index (Phi) is 5.83. The largest absolute Gasteiger partial charge is 0.471 e. The van der Waals surface area contributed by atoms with Crippen molar-refractivity contribution < 1.29 is 22.8 Å². The molecule has 1 unspecified atom stereocenters. The Labute approximate surface area is 116 Å². The van der Waals surface area contributed by atoms with Crippen molar-refractivity contribution in [2.45, 2.75) is 39.3 Å². The van der Waals surface area contributed by atoms with Gasteiger partial charge >= 0.3 is 12.1 Å². The van der Waals surface area contributed by atoms with E-state index in [1.165, 1.54) is 0 Å². The van der Waals surface area contributed by atoms with Gasteiger partial charge in [0, 0.05) is 19.6 Å². The molecule has 1 aliphatic heterocycles. The number of carbonyl (C=O) groups is 2. The summed E-state index contributed by atoms with van der Waals surface area (Å²) in [5.41, 5.74) is 0. The van der Waals surface area contributed by atoms with Gasteiger partial charge in [-0.05, 0) is 25.2 Å². The van der Waals surface area contributed by atoms with Crippen molar-refractivity contribution >= 4 is 11.8 Å². The molecule has 1 saturated heterocycles. The molecule has 1 rings (SSSR count). The summed E-state index contributed by atoms with van der Waals surface area (Å²) in [5, 5.41) is 2.72. The lowest BCUT2D eigenvalue weighted by Gasteiger charge is -2.32. The van der Waals surface area contributed by atoms with Crippen LogP contribution in [0.5, 0.6) is 0 Å². The van der Waals surface area contributed by atoms with Gasteiger partial charge in [-0.1, -0.05) is 13.8 Å². The van der Waals surface area contributed by atoms with E-state index in [1.807, 2.05) is 13.8 Å². The molecular formula is C13H21F3N2O2. The Morgan fingerprint density at radius 3 is 2.55 bits per heavy atom. The van der Waals surface area contributed by atoms with E-state index >= 15 is 0 Å². The fourth-order valence-electron chi connectivity index (χ4n) is 2.18. The number of amides is 2. The maximum atomic E-state index is 12.4. The van der Waals surface area contributed by atoms with Gasteiger partial charge in [0.05, 0.1) is 5.92 Å². The second-order valence-corrected chi connectivity index (χ2v) is 5.56. The third kappa shape index (κ3) is 5.02. The molecule has 0 aliphatic carbocycles. The van der Waals surface area contributed by atoms with Crippen LogP contribution in [0.1, 0.15) is 33.1 Å². The molecule has 2 amide bonds. The van der Waals surface area contributed by atoms with Crippen LogP contribution < -0.4 is 5.32 Å². The lowest BCUT2D eigenvalue weighted by atomic mass is 9.97. The SMILES string of the molecule is CC(C)CCNC(=O)C1CCCN(C(=O)C(F)(F)F)C1. The molecule has 1 N–H and O–H groups in total. The topological polar surface area (TPSA) is 49.4 Å². The van der Waals surface area contributed by atoms with Crippen molar-refractivity contribution in [1.29, 1.82) is 0 Å². The minimum Gasteiger partial charge on any atom is -0.356 e. The predicted octanol–water partition coefficient (Wildman–Crippen LogP) is 1.95. The van der Waals surface area contributed by atoms with Crippen LogP contribution in [-0.2, 0) is 9.59 Å². The van der Waals surface area contributed by atoms with Gasteiger partial charge in [0.1, 0.15) is 0 Å². The summed E-state index contributed by atoms with van der Waals surface area (Å²) < 4.78 is 37.1. The zero-order valence-corrected chi connectivity index (χ0v) is 11.8. The first-order valence-corrected chi connectivity index (χ1v) is 6.85. The number of carbonyl (C=O) groups excluding carboxylic acids is 2. The Morgan fingerprint density at radius 2 is 2.00 bits per heavy atom. The average Bonchev–Trinajstić information content (AvgIpc) is 2.36. The molecule has 116 valence electrons. The molecule has 0 spiro atoms. The van der Waals surface area contributed by atoms with Gasteiger partial charge < -0.3 is 10.2 Å². The van der Waals surface area contributed by atoms with Crippen LogP contribution in [0.4, 0.5) is 13.2 Å². The highest BCUT2D eigenvalue weighted by Crippen LogP contribution is 2.23. The van der Waals surface area contributed by atoms with Gasteiger partial charge in [0.25, 0.3) is 0 Å². The maximum Gasteiger partial charge on any atom is 0.471 e. The highest BCUT2D eigenvalue weighted by molar-refractivity contribution is 5.84. The van der Waals surface area contributed by atoms with Gasteiger partial charge in [-0.2, -0.15) is 13.2 Å². The van der Waals surface area contributed by atoms with E-state index in [4.69, 9.17) is 0 Å². The van der Waals surface area contributed by atoms with Gasteiger partial charge in [-0.3, -0.25) is 9.59 Å². The summed E-state index contributed by atoms with van der Waals surface area (Å²) in [6.45, 7) is 4.48. The van der Waals surface area contributed by atoms with Crippen molar-refractivity contribution in [3.63, 3.8) is 0 Å². The van der Waals surface area contributed by atoms with E-state index in [9.17, 15) is 22.8 Å². The molecule has 1 fully saturated rings. The fraction of sp³-hybridized carbons (Fsp3) is 0.846. The van der Waals surface area contributed by atoms with Gasteiger partial charge in [0.2, 0.25) is 5.91 Å². The van der Waals surface area contributed by atoms with Crippen molar-refractivity contribution in [2.24, 2.45) is 11.8 Å². The van der Waals surface area contributed by atoms with E-state index in [0.29, 0.717) is 25.3 Å². The third-order valence-corrected chi connectivity index (χ3v) is 3.34. The minimum absolute atomic E-state index is 0.0636. The number of piperidine rings is 1. The van der Waals surface area contributed by atoms with Crippen LogP contribution in [0.3, 0.4) is 0 Å². The van der Waals surface area contributed by atoms with Gasteiger partial charge in [0.15, 0.2) is 0 Å². The molecule has 0 saturated carbocycles. The van der Waals surface area contributed by atoms with Crippen molar-refractivity contribution in [1.82, 2.24) is 10.2 Å². The summed E-state index contributed by atoms with van der Waals surface area (Å²) in [4.78, 5) is 23.8. The number of likely N-dealkylation sites (tertiary alicyclic amines) is 1. The number of nitrogens with zero attached hydrogens (tertiary/aromatic N) is 1. The lowest BCUT2D eigenvalue weighted by Crippen LogP contribution is -2.49. The summed E-state index contributed by atoms with van der Waals surface area (Å²) >= 11 is 0. The number of hydrogen-bond donors (Lipinski definition) is 1. The van der Waals surface area contributed by atoms with Crippen molar-refractivity contribution in [2.75, 3.05) is 19.6 Å². The number of rotatable bonds is 4. The van der Waals surface area contributed by atoms with E-state index in [2.05, 4.69) is 5.32 Å². The average molecular weight is 294 g/mol. The van der Waals surface area contributed by atoms with Gasteiger partial charge in [-0.15, -0.1) is 0 Å². The van der Waals surface area contributed by atoms with Crippen molar-refractivity contribution in [3.8, 4) is 0 Å². The molecule has 1 aliphatic rings. The highest BCUT2D eigenvalue weighted by Gasteiger charge is 2.44. The fourth-order valence-corrected chi connectivity index (χ4v) is 2.18. The molecule has 0 aromatic carbocycles. The van der Waals surface area contributed by atoms with Crippen LogP contribution in [-0.4, -0.2) is 42.5 Å². The third-order valence-electron chi connectivity index (χ3n) is 3.34. The Morgan fingerprint density at radius 1 is 1.35 bits per heavy atom. The van der Waals surface area contributed by atoms with Crippen molar-refractivity contribution in [3.05, 3.63) is 0 Å². The summed E-state index contributed by atoms with van der Waals surface area (Å²) in [7, 11) is 0. The van der Waals surface area contributed by atoms with Gasteiger partial charge in [-0.25, -0.2) is 0 Å². The molecule has 20 heavy (non-hydrogen) atoms. The zero-order chi connectivity index (χ0) is 15.3. The van der Waals surface area contributed by atoms with E-state index in [0.717, 1.165) is 11.3 Å². The number of hydrogen-bond acceptors (Lipinski definition) is 2. The summed E-state index contributed by atoms with van der Waals surface area (Å²) in [6, 6.07) is 0. The van der Waals surface area contributed by atoms with E-state index < -0.39 is 18.0 Å². The molecule has 0 aromatic rings. The van der Waals surface area contributed by atoms with E-state index in [-0.39, 0.29) is 19.0 Å². The zero-order valence-electron chi connectivity index (χ0n) is 11.8. The monoisotopic (exact) mass is 294 g/mol. The molecule has 7 heteroatoms. The smallest absolute Gasteiger partial charge is 0.356 e. The number of nitrogens with one attached hydrogen (secondary N) is 1. The summed E-state index contributed by atoms with van der Waals surface area (Å²) in [5.74, 6) is -2.20. The van der Waals surface area contributed by atoms with Crippen LogP contribution in [0, 0.1) is 11.8 Å². The maximum absolute atomic E-state index is 12.4. The second kappa shape index (κ2) is 6.95. The normalized spacial score (nSPS) is 20.1. The standard InChI is InChI=1S/C13H21F3N2O2/c1-9(2)5-6-17-11(19)10-4-3-7-18(8-10)12(20)13(14,15)16/h9-10H,3-8H2,1-2H3,(H,17,19). The highest BCUT2D eigenvalue weighted by atomic mass is 19.4. The Hall–Kier alpha value is -1.27. The predicted molar refractivity (Wildman–Crippen MR) is 67.8 cm³/mol. The first-order valence-electron chi connectivity index (χ1n) is 6.85. The molecular weight excluding hydrogens is 273 g/mol. The Bertz CT molecular complexity index is 356. The second-order valence-electron chi connectivity index (χ2n) is 5.56. The molecule has 1 atom stereocenters. The quantitative estimate of drug-likeness (QED) is 0.861. The van der Waals surface area contributed by atoms with Crippen LogP contribution >= 0.6 is 0 Å². The first-order chi connectivity index (χ1) is 9.21. The molecule has 0 aromatic heterocycles. The first kappa shape index (κ1) is 16.8. The summed E-state index contributed by atoms with van der Waals surface area (Å²) in [6.07, 6.45) is -3.10. The molecule has 4 nitrogen and oxygen atoms in total. The number of alkyl halides is 3. The molecule has 1 heterocycles. The minimum atomic E-state index is -4.87. The van der Waals surface area contributed by atoms with E-state index in [1.54, 1.807) is 0 Å².